The molecule has 0 spiro atoms. The molecule has 0 atom stereocenters. The van der Waals surface area contributed by atoms with Crippen molar-refractivity contribution >= 4 is 41.4 Å². The molecule has 0 aliphatic heterocycles. The van der Waals surface area contributed by atoms with Crippen LogP contribution in [0.4, 0.5) is 0 Å². The van der Waals surface area contributed by atoms with Gasteiger partial charge in [0.15, 0.2) is 0 Å². The Bertz CT molecular complexity index is 752. The molecule has 1 aromatic heterocycles. The average Bonchev–Trinajstić information content (AvgIpc) is 2.52. The molecule has 0 amide bonds. The summed E-state index contributed by atoms with van der Waals surface area (Å²) in [5.74, 6) is -0.409. The van der Waals surface area contributed by atoms with Gasteiger partial charge in [0.1, 0.15) is 5.02 Å². The molecule has 0 aliphatic carbocycles. The molecule has 108 valence electrons. The zero-order valence-electron chi connectivity index (χ0n) is 10.9. The molecule has 5 nitrogen and oxygen atoms in total. The summed E-state index contributed by atoms with van der Waals surface area (Å²) in [6, 6.07) is 6.67. The third-order valence-corrected chi connectivity index (χ3v) is 3.39. The lowest BCUT2D eigenvalue weighted by molar-refractivity contribution is 0.0601. The molecule has 0 aliphatic rings. The highest BCUT2D eigenvalue weighted by atomic mass is 35.5. The number of esters is 1. The predicted octanol–water partition coefficient (Wildman–Crippen LogP) is 2.96. The summed E-state index contributed by atoms with van der Waals surface area (Å²) in [4.78, 5) is 23.1. The van der Waals surface area contributed by atoms with E-state index < -0.39 is 11.5 Å². The first kappa shape index (κ1) is 15.3. The monoisotopic (exact) mass is 324 g/mol. The molecule has 1 heterocycles. The number of benzene rings is 1. The minimum absolute atomic E-state index is 0.0858. The van der Waals surface area contributed by atoms with Crippen LogP contribution in [0.5, 0.6) is 0 Å². The summed E-state index contributed by atoms with van der Waals surface area (Å²) in [6.07, 6.45) is 4.40. The number of methoxy groups -OCH3 is 1. The van der Waals surface area contributed by atoms with E-state index in [-0.39, 0.29) is 10.0 Å². The summed E-state index contributed by atoms with van der Waals surface area (Å²) < 4.78 is 5.68. The SMILES string of the molecule is COC(=O)c1ccc(/C=C/n2ncc(Cl)c(Cl)c2=O)cc1. The van der Waals surface area contributed by atoms with Crippen LogP contribution in [-0.2, 0) is 4.74 Å². The van der Waals surface area contributed by atoms with E-state index >= 15 is 0 Å². The van der Waals surface area contributed by atoms with Gasteiger partial charge in [0.25, 0.3) is 5.56 Å². The van der Waals surface area contributed by atoms with Crippen LogP contribution in [0.3, 0.4) is 0 Å². The van der Waals surface area contributed by atoms with Crippen LogP contribution >= 0.6 is 23.2 Å². The molecule has 2 rings (SSSR count). The molecule has 0 unspecified atom stereocenters. The van der Waals surface area contributed by atoms with Gasteiger partial charge >= 0.3 is 5.97 Å². The first-order chi connectivity index (χ1) is 10.0. The van der Waals surface area contributed by atoms with Gasteiger partial charge in [0.05, 0.1) is 23.9 Å². The number of hydrogen-bond acceptors (Lipinski definition) is 4. The average molecular weight is 325 g/mol. The molecule has 2 aromatic rings. The highest BCUT2D eigenvalue weighted by molar-refractivity contribution is 6.41. The Balaban J connectivity index is 2.24. The number of carbonyl (C=O) groups excluding carboxylic acids is 1. The molecule has 21 heavy (non-hydrogen) atoms. The third kappa shape index (κ3) is 3.51. The minimum Gasteiger partial charge on any atom is -0.465 e. The number of ether oxygens (including phenoxy) is 1. The predicted molar refractivity (Wildman–Crippen MR) is 81.5 cm³/mol. The standard InChI is InChI=1S/C14H10Cl2N2O3/c1-21-14(20)10-4-2-9(3-5-10)6-7-18-13(19)12(16)11(15)8-17-18/h2-8H,1H3/b7-6+. The van der Waals surface area contributed by atoms with Crippen LogP contribution in [0.15, 0.2) is 35.3 Å². The van der Waals surface area contributed by atoms with Gasteiger partial charge in [-0.3, -0.25) is 4.79 Å². The Morgan fingerprint density at radius 3 is 2.57 bits per heavy atom. The second kappa shape index (κ2) is 6.56. The second-order valence-corrected chi connectivity index (χ2v) is 4.77. The molecule has 0 N–H and O–H groups in total. The molecule has 0 radical (unpaired) electrons. The normalized spacial score (nSPS) is 10.8. The Hall–Kier alpha value is -2.11. The first-order valence-corrected chi connectivity index (χ1v) is 6.58. The molecule has 1 aromatic carbocycles. The lowest BCUT2D eigenvalue weighted by Crippen LogP contribution is -2.18. The number of hydrogen-bond donors (Lipinski definition) is 0. The molecule has 0 saturated carbocycles. The lowest BCUT2D eigenvalue weighted by atomic mass is 10.1. The summed E-state index contributed by atoms with van der Waals surface area (Å²) in [7, 11) is 1.32. The highest BCUT2D eigenvalue weighted by Gasteiger charge is 2.05. The zero-order chi connectivity index (χ0) is 15.4. The van der Waals surface area contributed by atoms with Gasteiger partial charge in [-0.05, 0) is 23.8 Å². The van der Waals surface area contributed by atoms with Gasteiger partial charge in [-0.25, -0.2) is 9.48 Å². The van der Waals surface area contributed by atoms with E-state index in [9.17, 15) is 9.59 Å². The number of rotatable bonds is 3. The van der Waals surface area contributed by atoms with Crippen LogP contribution in [0, 0.1) is 0 Å². The largest absolute Gasteiger partial charge is 0.465 e. The van der Waals surface area contributed by atoms with Crippen LogP contribution in [0.1, 0.15) is 15.9 Å². The summed E-state index contributed by atoms with van der Waals surface area (Å²) in [6.45, 7) is 0. The quantitative estimate of drug-likeness (QED) is 0.814. The van der Waals surface area contributed by atoms with Crippen molar-refractivity contribution in [1.82, 2.24) is 9.78 Å². The first-order valence-electron chi connectivity index (χ1n) is 5.82. The molecule has 7 heteroatoms. The molecule has 0 bridgehead atoms. The Morgan fingerprint density at radius 1 is 1.29 bits per heavy atom. The summed E-state index contributed by atoms with van der Waals surface area (Å²) >= 11 is 11.4. The molecule has 0 fully saturated rings. The Morgan fingerprint density at radius 2 is 1.95 bits per heavy atom. The van der Waals surface area contributed by atoms with Crippen molar-refractivity contribution in [2.45, 2.75) is 0 Å². The van der Waals surface area contributed by atoms with Crippen molar-refractivity contribution in [3.8, 4) is 0 Å². The fourth-order valence-corrected chi connectivity index (χ4v) is 1.80. The van der Waals surface area contributed by atoms with Gasteiger partial charge in [0.2, 0.25) is 0 Å². The smallest absolute Gasteiger partial charge is 0.337 e. The van der Waals surface area contributed by atoms with Crippen molar-refractivity contribution in [2.24, 2.45) is 0 Å². The zero-order valence-corrected chi connectivity index (χ0v) is 12.4. The fraction of sp³-hybridized carbons (Fsp3) is 0.0714. The van der Waals surface area contributed by atoms with Gasteiger partial charge in [-0.15, -0.1) is 0 Å². The molecular formula is C14H10Cl2N2O3. The van der Waals surface area contributed by atoms with E-state index in [1.165, 1.54) is 19.5 Å². The van der Waals surface area contributed by atoms with Crippen LogP contribution in [0.2, 0.25) is 10.0 Å². The van der Waals surface area contributed by atoms with E-state index in [4.69, 9.17) is 23.2 Å². The van der Waals surface area contributed by atoms with E-state index in [0.29, 0.717) is 5.56 Å². The third-order valence-electron chi connectivity index (χ3n) is 2.64. The van der Waals surface area contributed by atoms with Gasteiger partial charge in [-0.1, -0.05) is 35.3 Å². The topological polar surface area (TPSA) is 61.2 Å². The maximum atomic E-state index is 11.8. The van der Waals surface area contributed by atoms with Crippen molar-refractivity contribution in [1.29, 1.82) is 0 Å². The highest BCUT2D eigenvalue weighted by Crippen LogP contribution is 2.15. The van der Waals surface area contributed by atoms with Crippen molar-refractivity contribution in [2.75, 3.05) is 7.11 Å². The fourth-order valence-electron chi connectivity index (χ4n) is 1.54. The molecular weight excluding hydrogens is 315 g/mol. The van der Waals surface area contributed by atoms with E-state index in [1.807, 2.05) is 0 Å². The van der Waals surface area contributed by atoms with E-state index in [2.05, 4.69) is 9.84 Å². The number of carbonyl (C=O) groups is 1. The van der Waals surface area contributed by atoms with Gasteiger partial charge in [0, 0.05) is 6.20 Å². The van der Waals surface area contributed by atoms with Crippen molar-refractivity contribution in [3.05, 3.63) is 62.0 Å². The maximum absolute atomic E-state index is 11.8. The van der Waals surface area contributed by atoms with E-state index in [0.717, 1.165) is 10.2 Å². The minimum atomic E-state index is -0.508. The van der Waals surface area contributed by atoms with Crippen LogP contribution < -0.4 is 5.56 Å². The maximum Gasteiger partial charge on any atom is 0.337 e. The van der Waals surface area contributed by atoms with Crippen LogP contribution in [-0.4, -0.2) is 22.9 Å². The summed E-state index contributed by atoms with van der Waals surface area (Å²) in [5, 5.41) is 3.86. The van der Waals surface area contributed by atoms with Crippen molar-refractivity contribution < 1.29 is 9.53 Å². The number of aromatic nitrogens is 2. The van der Waals surface area contributed by atoms with Gasteiger partial charge < -0.3 is 4.74 Å². The lowest BCUT2D eigenvalue weighted by Gasteiger charge is -2.01. The van der Waals surface area contributed by atoms with Crippen LogP contribution in [0.25, 0.3) is 12.3 Å². The van der Waals surface area contributed by atoms with Gasteiger partial charge in [-0.2, -0.15) is 5.10 Å². The number of nitrogens with zero attached hydrogens (tertiary/aromatic N) is 2. The molecule has 0 saturated heterocycles. The second-order valence-electron chi connectivity index (χ2n) is 3.99. The summed E-state index contributed by atoms with van der Waals surface area (Å²) in [5.41, 5.74) is 0.716. The Labute approximate surface area is 130 Å². The number of halogens is 2. The van der Waals surface area contributed by atoms with E-state index in [1.54, 1.807) is 30.3 Å². The Kier molecular flexibility index (Phi) is 4.77. The van der Waals surface area contributed by atoms with Crippen molar-refractivity contribution in [3.63, 3.8) is 0 Å².